The van der Waals surface area contributed by atoms with E-state index in [2.05, 4.69) is 13.2 Å². The first-order valence-electron chi connectivity index (χ1n) is 36.7. The summed E-state index contributed by atoms with van der Waals surface area (Å²) in [6.45, 7) is 36.2. The number of ether oxygens (including phenoxy) is 10. The van der Waals surface area contributed by atoms with Crippen molar-refractivity contribution < 1.29 is 117 Å². The Balaban J connectivity index is 0.000000281. The molecule has 0 aliphatic carbocycles. The van der Waals surface area contributed by atoms with Crippen molar-refractivity contribution >= 4 is 35.1 Å². The van der Waals surface area contributed by atoms with Crippen LogP contribution in [0, 0.1) is 47.3 Å². The van der Waals surface area contributed by atoms with Gasteiger partial charge in [0.2, 0.25) is 0 Å². The van der Waals surface area contributed by atoms with Crippen LogP contribution in [0.2, 0.25) is 0 Å². The number of aliphatic hydroxyl groups is 8. The van der Waals surface area contributed by atoms with Crippen molar-refractivity contribution in [2.45, 2.75) is 333 Å². The zero-order chi connectivity index (χ0) is 75.0. The number of ketones is 4. The molecule has 0 aromatic heterocycles. The van der Waals surface area contributed by atoms with E-state index in [9.17, 15) is 69.6 Å². The van der Waals surface area contributed by atoms with Crippen LogP contribution in [0.15, 0.2) is 47.3 Å². The summed E-state index contributed by atoms with van der Waals surface area (Å²) in [5.74, 6) is -8.93. The van der Waals surface area contributed by atoms with Gasteiger partial charge < -0.3 is 88.2 Å². The van der Waals surface area contributed by atoms with E-state index >= 15 is 0 Å². The van der Waals surface area contributed by atoms with E-state index in [-0.39, 0.29) is 73.1 Å². The highest BCUT2D eigenvalue weighted by Crippen LogP contribution is 2.50. The molecule has 6 saturated heterocycles. The summed E-state index contributed by atoms with van der Waals surface area (Å²) in [6, 6.07) is 0. The zero-order valence-electron chi connectivity index (χ0n) is 62.5. The third kappa shape index (κ3) is 16.1. The molecule has 0 bridgehead atoms. The topological polar surface area (TPSA) is 357 Å². The van der Waals surface area contributed by atoms with Gasteiger partial charge in [0.25, 0.3) is 0 Å². The minimum Gasteiger partial charge on any atom is -0.504 e. The number of methoxy groups -OCH3 is 2. The Bertz CT molecular complexity index is 2850. The quantitative estimate of drug-likeness (QED) is 0.0269. The van der Waals surface area contributed by atoms with Gasteiger partial charge in [-0.15, -0.1) is 0 Å². The Kier molecular flexibility index (Phi) is 27.0. The molecular weight excluding hydrogens is 1300 g/mol. The SMILES string of the molecule is C=C1OC(=O)C(C(=O)C[C@@H]2O[C@@H](C(C)C(O)C(CC)C(=O)C(C)(O)[C@@H]3CC[C@@](CC)([C@@H]4CCC(O)(C(C)OC)[C@@H](C)O4)O3)[C@@H](C)C[C@@H]2C)=C1O.C=C1OC(=O)C(C(=O)C[C@@H]2O[C@@H]([C@H](C)[C@H](O)[C@H](CC)C(=O)[C@](C)(O)[C@@H]3CC[C@@](CC)([C@@H]4CC[C@@](O)([C@@H](C)OC)[C@@H](C)O4)O3)[C@@H](C)C[C@@H]2C)=C1O. The fourth-order valence-electron chi connectivity index (χ4n) is 17.8. The molecule has 28 atom stereocenters. The molecule has 6 fully saturated rings. The number of Topliss-reactive ketones (excluding diaryl/α,β-unsaturated/α-hetero) is 4. The van der Waals surface area contributed by atoms with E-state index in [1.807, 2.05) is 69.2 Å². The molecule has 8 rings (SSSR count). The molecule has 0 radical (unpaired) electrons. The monoisotopic (exact) mass is 1420 g/mol. The molecule has 8 heterocycles. The van der Waals surface area contributed by atoms with Gasteiger partial charge in [0.1, 0.15) is 33.6 Å². The van der Waals surface area contributed by atoms with Crippen molar-refractivity contribution in [1.82, 2.24) is 0 Å². The van der Waals surface area contributed by atoms with Gasteiger partial charge in [-0.05, 0) is 155 Å². The van der Waals surface area contributed by atoms with Crippen LogP contribution in [0.3, 0.4) is 0 Å². The van der Waals surface area contributed by atoms with E-state index in [0.29, 0.717) is 77.0 Å². The van der Waals surface area contributed by atoms with Crippen LogP contribution in [0.25, 0.3) is 0 Å². The summed E-state index contributed by atoms with van der Waals surface area (Å²) >= 11 is 0. The lowest BCUT2D eigenvalue weighted by Crippen LogP contribution is -2.60. The maximum absolute atomic E-state index is 14.2. The maximum atomic E-state index is 14.2. The smallest absolute Gasteiger partial charge is 0.351 e. The van der Waals surface area contributed by atoms with Crippen molar-refractivity contribution in [1.29, 1.82) is 0 Å². The lowest BCUT2D eigenvalue weighted by molar-refractivity contribution is -0.255. The Labute approximate surface area is 591 Å². The minimum absolute atomic E-state index is 0.0243. The number of hydrogen-bond acceptors (Lipinski definition) is 24. The van der Waals surface area contributed by atoms with Crippen molar-refractivity contribution in [2.24, 2.45) is 47.3 Å². The second-order valence-corrected chi connectivity index (χ2v) is 31.2. The molecule has 0 spiro atoms. The van der Waals surface area contributed by atoms with Gasteiger partial charge >= 0.3 is 11.9 Å². The number of cyclic esters (lactones) is 2. The normalized spacial score (nSPS) is 38.7. The second-order valence-electron chi connectivity index (χ2n) is 31.2. The maximum Gasteiger partial charge on any atom is 0.351 e. The Hall–Kier alpha value is -4.38. The second kappa shape index (κ2) is 32.5. The Morgan fingerprint density at radius 1 is 0.550 bits per heavy atom. The zero-order valence-corrected chi connectivity index (χ0v) is 62.5. The molecule has 24 nitrogen and oxygen atoms in total. The van der Waals surface area contributed by atoms with Crippen molar-refractivity contribution in [3.05, 3.63) is 47.3 Å². The third-order valence-electron chi connectivity index (χ3n) is 25.1. The highest BCUT2D eigenvalue weighted by Gasteiger charge is 2.60. The van der Waals surface area contributed by atoms with Gasteiger partial charge in [-0.3, -0.25) is 19.2 Å². The highest BCUT2D eigenvalue weighted by molar-refractivity contribution is 6.20. The molecule has 0 aromatic rings. The predicted molar refractivity (Wildman–Crippen MR) is 366 cm³/mol. The van der Waals surface area contributed by atoms with Crippen molar-refractivity contribution in [2.75, 3.05) is 14.2 Å². The van der Waals surface area contributed by atoms with E-state index in [4.69, 9.17) is 47.4 Å². The lowest BCUT2D eigenvalue weighted by Gasteiger charge is -2.49. The fraction of sp³-hybridized carbons (Fsp3) is 0.816. The van der Waals surface area contributed by atoms with Gasteiger partial charge in [-0.25, -0.2) is 9.59 Å². The third-order valence-corrected chi connectivity index (χ3v) is 25.1. The van der Waals surface area contributed by atoms with Gasteiger partial charge in [0.15, 0.2) is 46.2 Å². The van der Waals surface area contributed by atoms with E-state index in [0.717, 1.165) is 0 Å². The molecule has 8 N–H and O–H groups in total. The average Bonchev–Trinajstić information content (AvgIpc) is 1.55. The van der Waals surface area contributed by atoms with Gasteiger partial charge in [-0.2, -0.15) is 0 Å². The first kappa shape index (κ1) is 82.9. The van der Waals surface area contributed by atoms with Crippen LogP contribution in [0.4, 0.5) is 0 Å². The number of hydrogen-bond donors (Lipinski definition) is 8. The predicted octanol–water partition coefficient (Wildman–Crippen LogP) is 8.53. The number of aliphatic hydroxyl groups excluding tert-OH is 4. The molecule has 100 heavy (non-hydrogen) atoms. The van der Waals surface area contributed by atoms with Crippen LogP contribution in [-0.4, -0.2) is 209 Å². The van der Waals surface area contributed by atoms with Crippen LogP contribution in [0.1, 0.15) is 214 Å². The Morgan fingerprint density at radius 3 is 1.15 bits per heavy atom. The molecule has 8 aliphatic rings. The van der Waals surface area contributed by atoms with Crippen molar-refractivity contribution in [3.8, 4) is 0 Å². The molecule has 0 aromatic carbocycles. The molecule has 0 amide bonds. The summed E-state index contributed by atoms with van der Waals surface area (Å²) in [4.78, 5) is 78.8. The van der Waals surface area contributed by atoms with Crippen molar-refractivity contribution in [3.63, 3.8) is 0 Å². The first-order chi connectivity index (χ1) is 46.6. The number of esters is 2. The Morgan fingerprint density at radius 2 is 0.880 bits per heavy atom. The van der Waals surface area contributed by atoms with Gasteiger partial charge in [0, 0.05) is 50.7 Å². The highest BCUT2D eigenvalue weighted by atomic mass is 16.6. The number of carbonyl (C=O) groups excluding carboxylic acids is 6. The standard InChI is InChI=1S/2C38H60O12/c2*1-11-25(31(40)21(5)33-20(4)17-19(3)27(49-33)18-26(39)30-32(41)22(6)47-35(30)43)34(42)36(9,44)28-13-15-37(12-2,50-28)29-14-16-38(45,23(7)46-10)24(8)48-29/h2*19-21,23-25,27-29,31,33,40-41,44-45H,6,11-18H2,1-5,7-10H3/t19-,20-,21?,23?,24+,25?,27-,28-,29-,31?,33+,36?,37-,38?;19-,20-,21+,23+,24+,25-,27-,28-,29-,31-,33+,36+,37-,38+/m00/s1. The summed E-state index contributed by atoms with van der Waals surface area (Å²) in [5, 5.41) is 90.0. The van der Waals surface area contributed by atoms with E-state index < -0.39 is 188 Å². The van der Waals surface area contributed by atoms with Crippen LogP contribution in [0.5, 0.6) is 0 Å². The molecule has 24 heteroatoms. The molecule has 0 saturated carbocycles. The average molecular weight is 1420 g/mol. The first-order valence-corrected chi connectivity index (χ1v) is 36.7. The van der Waals surface area contributed by atoms with Gasteiger partial charge in [-0.1, -0.05) is 82.4 Å². The molecule has 6 unspecified atom stereocenters. The fourth-order valence-corrected chi connectivity index (χ4v) is 17.8. The van der Waals surface area contributed by atoms with Crippen LogP contribution >= 0.6 is 0 Å². The summed E-state index contributed by atoms with van der Waals surface area (Å²) in [7, 11) is 3.12. The molecular formula is C76H120O24. The number of carbonyl (C=O) groups is 6. The van der Waals surface area contributed by atoms with E-state index in [1.54, 1.807) is 41.9 Å². The summed E-state index contributed by atoms with van der Waals surface area (Å²) < 4.78 is 59.3. The summed E-state index contributed by atoms with van der Waals surface area (Å²) in [5.41, 5.74) is -8.48. The summed E-state index contributed by atoms with van der Waals surface area (Å²) in [6.07, 6.45) is -2.17. The van der Waals surface area contributed by atoms with Gasteiger partial charge in [0.05, 0.1) is 96.7 Å². The van der Waals surface area contributed by atoms with E-state index in [1.165, 1.54) is 13.8 Å². The number of rotatable bonds is 28. The molecule has 568 valence electrons. The largest absolute Gasteiger partial charge is 0.504 e. The van der Waals surface area contributed by atoms with Crippen LogP contribution in [-0.2, 0) is 76.1 Å². The molecule has 8 aliphatic heterocycles. The van der Waals surface area contributed by atoms with Crippen LogP contribution < -0.4 is 0 Å². The minimum atomic E-state index is -1.90. The lowest BCUT2D eigenvalue weighted by atomic mass is 9.73.